The highest BCUT2D eigenvalue weighted by Crippen LogP contribution is 2.47. The first-order chi connectivity index (χ1) is 4.83. The highest BCUT2D eigenvalue weighted by molar-refractivity contribution is 7.88. The molecule has 0 heterocycles. The van der Waals surface area contributed by atoms with E-state index in [4.69, 9.17) is 22.1 Å². The highest BCUT2D eigenvalue weighted by Gasteiger charge is 2.16. The van der Waals surface area contributed by atoms with Crippen molar-refractivity contribution < 1.29 is 14.5 Å². The summed E-state index contributed by atoms with van der Waals surface area (Å²) in [5, 5.41) is 8.32. The number of carboxylic acid groups (broad SMARTS) is 1. The Morgan fingerprint density at radius 2 is 2.27 bits per heavy atom. The van der Waals surface area contributed by atoms with E-state index in [2.05, 4.69) is 0 Å². The van der Waals surface area contributed by atoms with Gasteiger partial charge in [0.2, 0.25) is 0 Å². The van der Waals surface area contributed by atoms with Crippen LogP contribution in [-0.4, -0.2) is 29.9 Å². The normalized spacial score (nSPS) is 18.8. The highest BCUT2D eigenvalue weighted by atomic mass is 35.7. The van der Waals surface area contributed by atoms with E-state index in [0.717, 1.165) is 0 Å². The van der Waals surface area contributed by atoms with Crippen LogP contribution in [0.15, 0.2) is 0 Å². The molecule has 0 aliphatic carbocycles. The Morgan fingerprint density at radius 1 is 1.82 bits per heavy atom. The molecule has 0 aliphatic rings. The zero-order valence-corrected chi connectivity index (χ0v) is 7.81. The average Bonchev–Trinajstić information content (AvgIpc) is 1.80. The van der Waals surface area contributed by atoms with Crippen molar-refractivity contribution in [2.45, 2.75) is 12.5 Å². The summed E-state index contributed by atoms with van der Waals surface area (Å²) in [5.41, 5.74) is 5.14. The molecular formula is C5H11ClNO3P. The van der Waals surface area contributed by atoms with Crippen LogP contribution in [0.5, 0.6) is 0 Å². The Labute approximate surface area is 69.9 Å². The fraction of sp³-hybridized carbons (Fsp3) is 0.800. The van der Waals surface area contributed by atoms with Crippen LogP contribution in [0.3, 0.4) is 0 Å². The van der Waals surface area contributed by atoms with Gasteiger partial charge in [-0.25, -0.2) is 0 Å². The van der Waals surface area contributed by atoms with Crippen molar-refractivity contribution in [2.24, 2.45) is 5.73 Å². The summed E-state index contributed by atoms with van der Waals surface area (Å²) in [6, 6.07) is -0.956. The van der Waals surface area contributed by atoms with Crippen LogP contribution in [0.1, 0.15) is 6.42 Å². The lowest BCUT2D eigenvalue weighted by molar-refractivity contribution is -0.138. The van der Waals surface area contributed by atoms with Crippen LogP contribution in [0.2, 0.25) is 0 Å². The largest absolute Gasteiger partial charge is 0.480 e. The number of hydrogen-bond acceptors (Lipinski definition) is 3. The minimum Gasteiger partial charge on any atom is -0.480 e. The number of rotatable bonds is 4. The summed E-state index contributed by atoms with van der Waals surface area (Å²) in [5.74, 6) is -1.09. The number of aliphatic carboxylic acids is 1. The molecule has 11 heavy (non-hydrogen) atoms. The fourth-order valence-corrected chi connectivity index (χ4v) is 1.53. The lowest BCUT2D eigenvalue weighted by Crippen LogP contribution is -2.30. The molecule has 0 rings (SSSR count). The average molecular weight is 200 g/mol. The maximum absolute atomic E-state index is 10.9. The van der Waals surface area contributed by atoms with E-state index < -0.39 is 18.5 Å². The van der Waals surface area contributed by atoms with Crippen molar-refractivity contribution in [3.63, 3.8) is 0 Å². The lowest BCUT2D eigenvalue weighted by atomic mass is 10.2. The summed E-state index contributed by atoms with van der Waals surface area (Å²) in [7, 11) is 0. The van der Waals surface area contributed by atoms with Crippen LogP contribution >= 0.6 is 17.7 Å². The summed E-state index contributed by atoms with van der Waals surface area (Å²) in [4.78, 5) is 10.2. The number of carbonyl (C=O) groups is 1. The fourth-order valence-electron chi connectivity index (χ4n) is 0.493. The lowest BCUT2D eigenvalue weighted by Gasteiger charge is -2.06. The molecule has 4 nitrogen and oxygen atoms in total. The monoisotopic (exact) mass is 199 g/mol. The van der Waals surface area contributed by atoms with E-state index in [1.54, 1.807) is 0 Å². The molecule has 0 aromatic rings. The van der Waals surface area contributed by atoms with Gasteiger partial charge in [-0.05, 0) is 6.42 Å². The number of nitrogens with two attached hydrogens (primary N) is 1. The molecule has 0 bridgehead atoms. The van der Waals surface area contributed by atoms with Crippen molar-refractivity contribution in [1.29, 1.82) is 0 Å². The molecule has 66 valence electrons. The maximum Gasteiger partial charge on any atom is 0.320 e. The minimum absolute atomic E-state index is 0.159. The van der Waals surface area contributed by atoms with Gasteiger partial charge >= 0.3 is 5.97 Å². The topological polar surface area (TPSA) is 80.4 Å². The molecule has 0 aromatic carbocycles. The number of halogens is 1. The maximum atomic E-state index is 10.9. The van der Waals surface area contributed by atoms with Gasteiger partial charge in [0.15, 0.2) is 6.49 Å². The van der Waals surface area contributed by atoms with Gasteiger partial charge in [0.05, 0.1) is 0 Å². The van der Waals surface area contributed by atoms with Gasteiger partial charge in [-0.2, -0.15) is 0 Å². The number of carboxylic acids is 1. The van der Waals surface area contributed by atoms with Gasteiger partial charge in [0.25, 0.3) is 0 Å². The van der Waals surface area contributed by atoms with Crippen molar-refractivity contribution in [3.05, 3.63) is 0 Å². The third-order valence-electron chi connectivity index (χ3n) is 1.16. The van der Waals surface area contributed by atoms with E-state index in [1.807, 2.05) is 0 Å². The molecular weight excluding hydrogens is 188 g/mol. The first kappa shape index (κ1) is 11.0. The summed E-state index contributed by atoms with van der Waals surface area (Å²) in [6.45, 7) is -1.24. The van der Waals surface area contributed by atoms with Crippen LogP contribution in [-0.2, 0) is 9.36 Å². The standard InChI is InChI=1S/C5H11ClNO3P/c1-11(6,10)3-2-4(7)5(8)9/h4H,2-3,7H2,1H3,(H,8,9)/t4-,11?/m0/s1. The Hall–Kier alpha value is -0.0500. The summed E-state index contributed by atoms with van der Waals surface area (Å²) >= 11 is 5.39. The van der Waals surface area contributed by atoms with E-state index in [9.17, 15) is 9.36 Å². The molecule has 0 amide bonds. The molecule has 0 saturated carbocycles. The van der Waals surface area contributed by atoms with E-state index in [1.165, 1.54) is 6.66 Å². The van der Waals surface area contributed by atoms with Gasteiger partial charge in [-0.1, -0.05) is 11.2 Å². The van der Waals surface area contributed by atoms with Gasteiger partial charge in [-0.15, -0.1) is 0 Å². The molecule has 1 unspecified atom stereocenters. The SMILES string of the molecule is CP(=O)(Cl)CC[C@H](N)C(=O)O. The number of hydrogen-bond donors (Lipinski definition) is 2. The first-order valence-corrected chi connectivity index (χ1v) is 6.32. The van der Waals surface area contributed by atoms with Gasteiger partial charge in [0, 0.05) is 12.8 Å². The Balaban J connectivity index is 3.72. The molecule has 3 N–H and O–H groups in total. The van der Waals surface area contributed by atoms with Crippen molar-refractivity contribution in [1.82, 2.24) is 0 Å². The van der Waals surface area contributed by atoms with Gasteiger partial charge < -0.3 is 15.4 Å². The van der Waals surface area contributed by atoms with Crippen molar-refractivity contribution in [2.75, 3.05) is 12.8 Å². The molecule has 0 fully saturated rings. The molecule has 0 spiro atoms. The van der Waals surface area contributed by atoms with Gasteiger partial charge in [0.1, 0.15) is 6.04 Å². The Kier molecular flexibility index (Phi) is 4.08. The summed E-state index contributed by atoms with van der Waals surface area (Å²) in [6.07, 6.45) is 0.328. The van der Waals surface area contributed by atoms with Crippen LogP contribution in [0.25, 0.3) is 0 Å². The van der Waals surface area contributed by atoms with Crippen LogP contribution in [0.4, 0.5) is 0 Å². The predicted molar refractivity (Wildman–Crippen MR) is 44.5 cm³/mol. The van der Waals surface area contributed by atoms with E-state index in [0.29, 0.717) is 0 Å². The van der Waals surface area contributed by atoms with Crippen molar-refractivity contribution in [3.8, 4) is 0 Å². The third kappa shape index (κ3) is 6.35. The molecule has 0 aromatic heterocycles. The second kappa shape index (κ2) is 4.10. The van der Waals surface area contributed by atoms with E-state index in [-0.39, 0.29) is 12.6 Å². The quantitative estimate of drug-likeness (QED) is 0.661. The zero-order valence-electron chi connectivity index (χ0n) is 6.16. The van der Waals surface area contributed by atoms with Gasteiger partial charge in [-0.3, -0.25) is 4.79 Å². The second-order valence-electron chi connectivity index (χ2n) is 2.44. The van der Waals surface area contributed by atoms with E-state index >= 15 is 0 Å². The molecule has 0 aliphatic heterocycles. The Bertz CT molecular complexity index is 190. The predicted octanol–water partition coefficient (Wildman–Crippen LogP) is 0.935. The second-order valence-corrected chi connectivity index (χ2v) is 7.01. The smallest absolute Gasteiger partial charge is 0.320 e. The third-order valence-corrected chi connectivity index (χ3v) is 2.72. The Morgan fingerprint density at radius 3 is 2.55 bits per heavy atom. The molecule has 0 saturated heterocycles. The minimum atomic E-state index is -2.63. The molecule has 6 heteroatoms. The van der Waals surface area contributed by atoms with Crippen LogP contribution in [0, 0.1) is 0 Å². The summed E-state index contributed by atoms with van der Waals surface area (Å²) < 4.78 is 10.9. The van der Waals surface area contributed by atoms with Crippen molar-refractivity contribution >= 4 is 23.7 Å². The van der Waals surface area contributed by atoms with Crippen LogP contribution < -0.4 is 5.73 Å². The molecule has 0 radical (unpaired) electrons. The molecule has 2 atom stereocenters. The zero-order chi connectivity index (χ0) is 9.07. The first-order valence-electron chi connectivity index (χ1n) is 3.07.